The number of piperidine rings is 1. The van der Waals surface area contributed by atoms with Crippen LogP contribution >= 0.6 is 0 Å². The number of aryl methyl sites for hydroxylation is 1. The third-order valence-electron chi connectivity index (χ3n) is 4.77. The highest BCUT2D eigenvalue weighted by atomic mass is 19.1. The van der Waals surface area contributed by atoms with Gasteiger partial charge < -0.3 is 9.30 Å². The molecule has 0 N–H and O–H groups in total. The van der Waals surface area contributed by atoms with Crippen molar-refractivity contribution in [2.24, 2.45) is 7.05 Å². The molecule has 0 bridgehead atoms. The highest BCUT2D eigenvalue weighted by Gasteiger charge is 2.26. The first kappa shape index (κ1) is 17.6. The van der Waals surface area contributed by atoms with Crippen molar-refractivity contribution in [2.45, 2.75) is 25.3 Å². The Hall–Kier alpha value is -2.80. The second-order valence-corrected chi connectivity index (χ2v) is 6.88. The number of benzene rings is 1. The Balaban J connectivity index is 1.51. The van der Waals surface area contributed by atoms with Gasteiger partial charge in [0.25, 0.3) is 0 Å². The maximum atomic E-state index is 14.0. The van der Waals surface area contributed by atoms with E-state index in [4.69, 9.17) is 4.74 Å². The van der Waals surface area contributed by atoms with Crippen LogP contribution in [0.25, 0.3) is 0 Å². The summed E-state index contributed by atoms with van der Waals surface area (Å²) in [6.45, 7) is 2.68. The van der Waals surface area contributed by atoms with E-state index >= 15 is 0 Å². The topological polar surface area (TPSA) is 56.1 Å². The molecule has 3 heterocycles. The molecule has 0 amide bonds. The van der Waals surface area contributed by atoms with Gasteiger partial charge in [-0.2, -0.15) is 0 Å². The molecule has 2 aromatic heterocycles. The quantitative estimate of drug-likeness (QED) is 0.691. The first-order valence-electron chi connectivity index (χ1n) is 9.11. The lowest BCUT2D eigenvalue weighted by molar-refractivity contribution is 0.194. The summed E-state index contributed by atoms with van der Waals surface area (Å²) >= 11 is 0. The van der Waals surface area contributed by atoms with Crippen LogP contribution in [0.5, 0.6) is 11.6 Å². The summed E-state index contributed by atoms with van der Waals surface area (Å²) < 4.78 is 21.7. The molecule has 1 aliphatic rings. The molecule has 1 aliphatic heterocycles. The Labute approximate surface area is 157 Å². The molecule has 1 saturated heterocycles. The predicted octanol–water partition coefficient (Wildman–Crippen LogP) is 3.52. The zero-order valence-electron chi connectivity index (χ0n) is 15.3. The van der Waals surface area contributed by atoms with Crippen molar-refractivity contribution in [3.05, 3.63) is 66.4 Å². The van der Waals surface area contributed by atoms with Crippen LogP contribution < -0.4 is 4.74 Å². The summed E-state index contributed by atoms with van der Waals surface area (Å²) in [5, 5.41) is 0. The molecule has 0 saturated carbocycles. The van der Waals surface area contributed by atoms with Crippen LogP contribution in [0.3, 0.4) is 0 Å². The lowest BCUT2D eigenvalue weighted by Gasteiger charge is -2.32. The van der Waals surface area contributed by atoms with E-state index in [2.05, 4.69) is 19.9 Å². The van der Waals surface area contributed by atoms with Gasteiger partial charge in [0.05, 0.1) is 12.0 Å². The molecule has 1 aromatic carbocycles. The number of hydrogen-bond acceptors (Lipinski definition) is 5. The highest BCUT2D eigenvalue weighted by molar-refractivity contribution is 5.32. The first-order valence-corrected chi connectivity index (χ1v) is 9.11. The number of imidazole rings is 1. The molecule has 1 atom stereocenters. The zero-order valence-corrected chi connectivity index (χ0v) is 15.3. The van der Waals surface area contributed by atoms with Crippen LogP contribution in [-0.2, 0) is 13.6 Å². The SMILES string of the molecule is Cn1cnc(CN2CCC[C@@H](c3nccnc3Oc3ccccc3F)C2)c1. The van der Waals surface area contributed by atoms with Crippen LogP contribution in [0.15, 0.2) is 49.2 Å². The molecule has 6 nitrogen and oxygen atoms in total. The first-order chi connectivity index (χ1) is 13.2. The number of likely N-dealkylation sites (tertiary alicyclic amines) is 1. The van der Waals surface area contributed by atoms with Crippen LogP contribution in [-0.4, -0.2) is 37.5 Å². The van der Waals surface area contributed by atoms with Crippen LogP contribution in [0.2, 0.25) is 0 Å². The highest BCUT2D eigenvalue weighted by Crippen LogP contribution is 2.33. The Bertz CT molecular complexity index is 913. The Morgan fingerprint density at radius 3 is 2.85 bits per heavy atom. The van der Waals surface area contributed by atoms with Gasteiger partial charge in [-0.3, -0.25) is 9.88 Å². The lowest BCUT2D eigenvalue weighted by atomic mass is 9.94. The van der Waals surface area contributed by atoms with Gasteiger partial charge in [-0.05, 0) is 31.5 Å². The minimum atomic E-state index is -0.408. The molecule has 1 fully saturated rings. The minimum absolute atomic E-state index is 0.167. The van der Waals surface area contributed by atoms with E-state index in [1.807, 2.05) is 24.1 Å². The zero-order chi connectivity index (χ0) is 18.6. The normalized spacial score (nSPS) is 17.8. The van der Waals surface area contributed by atoms with E-state index in [9.17, 15) is 4.39 Å². The van der Waals surface area contributed by atoms with Gasteiger partial charge in [0.2, 0.25) is 5.88 Å². The molecule has 0 spiro atoms. The fourth-order valence-corrected chi connectivity index (χ4v) is 3.53. The van der Waals surface area contributed by atoms with Crippen LogP contribution in [0.1, 0.15) is 30.1 Å². The fourth-order valence-electron chi connectivity index (χ4n) is 3.53. The number of nitrogens with zero attached hydrogens (tertiary/aromatic N) is 5. The number of ether oxygens (including phenoxy) is 1. The van der Waals surface area contributed by atoms with Gasteiger partial charge in [-0.15, -0.1) is 0 Å². The Morgan fingerprint density at radius 2 is 2.04 bits per heavy atom. The van der Waals surface area contributed by atoms with E-state index in [-0.39, 0.29) is 11.7 Å². The largest absolute Gasteiger partial charge is 0.434 e. The van der Waals surface area contributed by atoms with Crippen LogP contribution in [0, 0.1) is 5.82 Å². The van der Waals surface area contributed by atoms with Gasteiger partial charge >= 0.3 is 0 Å². The van der Waals surface area contributed by atoms with Gasteiger partial charge in [-0.1, -0.05) is 12.1 Å². The van der Waals surface area contributed by atoms with Crippen molar-refractivity contribution in [2.75, 3.05) is 13.1 Å². The molecule has 140 valence electrons. The van der Waals surface area contributed by atoms with Crippen LogP contribution in [0.4, 0.5) is 4.39 Å². The molecule has 0 radical (unpaired) electrons. The molecular formula is C20H22FN5O. The number of aromatic nitrogens is 4. The van der Waals surface area contributed by atoms with Crippen molar-refractivity contribution >= 4 is 0 Å². The third-order valence-corrected chi connectivity index (χ3v) is 4.77. The van der Waals surface area contributed by atoms with E-state index in [1.54, 1.807) is 30.6 Å². The molecular weight excluding hydrogens is 345 g/mol. The van der Waals surface area contributed by atoms with Crippen molar-refractivity contribution in [3.8, 4) is 11.6 Å². The average Bonchev–Trinajstić information content (AvgIpc) is 3.09. The Morgan fingerprint density at radius 1 is 1.19 bits per heavy atom. The monoisotopic (exact) mass is 367 g/mol. The van der Waals surface area contributed by atoms with Gasteiger partial charge in [-0.25, -0.2) is 14.4 Å². The predicted molar refractivity (Wildman–Crippen MR) is 99.0 cm³/mol. The smallest absolute Gasteiger partial charge is 0.241 e. The van der Waals surface area contributed by atoms with E-state index in [0.29, 0.717) is 5.88 Å². The molecule has 0 unspecified atom stereocenters. The molecule has 3 aromatic rings. The summed E-state index contributed by atoms with van der Waals surface area (Å²) in [4.78, 5) is 15.6. The third kappa shape index (κ3) is 4.14. The lowest BCUT2D eigenvalue weighted by Crippen LogP contribution is -2.34. The number of rotatable bonds is 5. The molecule has 27 heavy (non-hydrogen) atoms. The standard InChI is InChI=1S/C20H22FN5O/c1-25-12-16(24-14-25)13-26-10-4-5-15(11-26)19-20(23-9-8-22-19)27-18-7-3-2-6-17(18)21/h2-3,6-9,12,14-15H,4-5,10-11,13H2,1H3/t15-/m1/s1. The van der Waals surface area contributed by atoms with E-state index < -0.39 is 5.82 Å². The average molecular weight is 367 g/mol. The van der Waals surface area contributed by atoms with Gasteiger partial charge in [0, 0.05) is 44.6 Å². The van der Waals surface area contributed by atoms with Gasteiger partial charge in [0.15, 0.2) is 11.6 Å². The maximum Gasteiger partial charge on any atom is 0.241 e. The minimum Gasteiger partial charge on any atom is -0.434 e. The summed E-state index contributed by atoms with van der Waals surface area (Å²) in [6.07, 6.45) is 9.17. The second-order valence-electron chi connectivity index (χ2n) is 6.88. The van der Waals surface area contributed by atoms with Crippen molar-refractivity contribution in [3.63, 3.8) is 0 Å². The molecule has 0 aliphatic carbocycles. The summed E-state index contributed by atoms with van der Waals surface area (Å²) in [7, 11) is 1.97. The number of halogens is 1. The maximum absolute atomic E-state index is 14.0. The number of para-hydroxylation sites is 1. The molecule has 7 heteroatoms. The summed E-state index contributed by atoms with van der Waals surface area (Å²) in [5.74, 6) is 0.333. The Kier molecular flexibility index (Phi) is 5.11. The van der Waals surface area contributed by atoms with Gasteiger partial charge in [0.1, 0.15) is 5.69 Å². The summed E-state index contributed by atoms with van der Waals surface area (Å²) in [6, 6.07) is 6.35. The van der Waals surface area contributed by atoms with Crippen molar-refractivity contribution < 1.29 is 9.13 Å². The molecule has 4 rings (SSSR count). The van der Waals surface area contributed by atoms with E-state index in [1.165, 1.54) is 6.07 Å². The second kappa shape index (κ2) is 7.84. The van der Waals surface area contributed by atoms with Crippen molar-refractivity contribution in [1.29, 1.82) is 0 Å². The fraction of sp³-hybridized carbons (Fsp3) is 0.350. The van der Waals surface area contributed by atoms with E-state index in [0.717, 1.165) is 43.9 Å². The number of hydrogen-bond donors (Lipinski definition) is 0. The summed E-state index contributed by atoms with van der Waals surface area (Å²) in [5.41, 5.74) is 1.84. The van der Waals surface area contributed by atoms with Crippen molar-refractivity contribution in [1.82, 2.24) is 24.4 Å².